The quantitative estimate of drug-likeness (QED) is 0.625. The van der Waals surface area contributed by atoms with Crippen molar-refractivity contribution in [3.63, 3.8) is 0 Å². The molecule has 82 valence electrons. The van der Waals surface area contributed by atoms with Gasteiger partial charge in [0.25, 0.3) is 0 Å². The maximum absolute atomic E-state index is 5.90. The van der Waals surface area contributed by atoms with Gasteiger partial charge in [-0.3, -0.25) is 4.98 Å². The van der Waals surface area contributed by atoms with Crippen molar-refractivity contribution in [1.82, 2.24) is 4.98 Å². The summed E-state index contributed by atoms with van der Waals surface area (Å²) < 4.78 is 11.8. The second kappa shape index (κ2) is 3.60. The lowest BCUT2D eigenvalue weighted by molar-refractivity contribution is 0.00578. The monoisotopic (exact) mass is 215 g/mol. The van der Waals surface area contributed by atoms with E-state index in [1.807, 2.05) is 33.8 Å². The number of pyridine rings is 1. The van der Waals surface area contributed by atoms with Crippen LogP contribution in [0.4, 0.5) is 0 Å². The van der Waals surface area contributed by atoms with Crippen molar-refractivity contribution in [2.45, 2.75) is 38.9 Å². The zero-order chi connectivity index (χ0) is 12.0. The molecular weight excluding hydrogens is 200 g/mol. The molecule has 1 fully saturated rings. The van der Waals surface area contributed by atoms with Crippen molar-refractivity contribution in [3.8, 4) is 0 Å². The number of aromatic nitrogens is 1. The van der Waals surface area contributed by atoms with Gasteiger partial charge in [-0.05, 0) is 39.2 Å². The average Bonchev–Trinajstić information content (AvgIpc) is 2.36. The van der Waals surface area contributed by atoms with Crippen molar-refractivity contribution in [2.24, 2.45) is 0 Å². The molecule has 2 rings (SSSR count). The van der Waals surface area contributed by atoms with Crippen LogP contribution in [0, 0.1) is 0 Å². The van der Waals surface area contributed by atoms with E-state index in [0.717, 1.165) is 5.46 Å². The van der Waals surface area contributed by atoms with Crippen molar-refractivity contribution in [2.75, 3.05) is 0 Å². The summed E-state index contributed by atoms with van der Waals surface area (Å²) in [6, 6.07) is 1.83. The Morgan fingerprint density at radius 3 is 2.25 bits per heavy atom. The summed E-state index contributed by atoms with van der Waals surface area (Å²) >= 11 is 0. The summed E-state index contributed by atoms with van der Waals surface area (Å²) in [6.07, 6.45) is 3.30. The van der Waals surface area contributed by atoms with Gasteiger partial charge >= 0.3 is 7.12 Å². The SMILES string of the molecule is [B]c1cnccc1B1OC(C)(C)C(C)(C)O1. The third kappa shape index (κ3) is 1.78. The Labute approximate surface area is 98.1 Å². The summed E-state index contributed by atoms with van der Waals surface area (Å²) in [5, 5.41) is 0. The van der Waals surface area contributed by atoms with E-state index in [4.69, 9.17) is 17.2 Å². The highest BCUT2D eigenvalue weighted by Gasteiger charge is 2.51. The third-order valence-corrected chi connectivity index (χ3v) is 3.39. The van der Waals surface area contributed by atoms with Crippen LogP contribution in [-0.4, -0.2) is 31.2 Å². The maximum atomic E-state index is 5.90. The Bertz CT molecular complexity index is 391. The largest absolute Gasteiger partial charge is 0.494 e. The second-order valence-corrected chi connectivity index (χ2v) is 5.09. The Balaban J connectivity index is 2.31. The molecule has 1 aliphatic heterocycles. The molecule has 2 radical (unpaired) electrons. The Morgan fingerprint density at radius 1 is 1.19 bits per heavy atom. The van der Waals surface area contributed by atoms with Gasteiger partial charge < -0.3 is 9.31 Å². The van der Waals surface area contributed by atoms with Gasteiger partial charge in [-0.1, -0.05) is 5.46 Å². The Hall–Kier alpha value is -0.800. The maximum Gasteiger partial charge on any atom is 0.494 e. The summed E-state index contributed by atoms with van der Waals surface area (Å²) in [7, 11) is 5.45. The molecule has 1 aliphatic rings. The Kier molecular flexibility index (Phi) is 2.63. The van der Waals surface area contributed by atoms with Gasteiger partial charge in [0.1, 0.15) is 7.85 Å². The first-order valence-corrected chi connectivity index (χ1v) is 5.38. The molecule has 0 bridgehead atoms. The molecule has 0 atom stereocenters. The molecule has 16 heavy (non-hydrogen) atoms. The molecule has 1 aromatic rings. The van der Waals surface area contributed by atoms with Gasteiger partial charge in [-0.25, -0.2) is 0 Å². The molecule has 0 saturated carbocycles. The fraction of sp³-hybridized carbons (Fsp3) is 0.545. The fourth-order valence-electron chi connectivity index (χ4n) is 1.60. The first-order chi connectivity index (χ1) is 7.33. The van der Waals surface area contributed by atoms with Crippen LogP contribution >= 0.6 is 0 Å². The van der Waals surface area contributed by atoms with Gasteiger partial charge in [-0.15, -0.1) is 0 Å². The van der Waals surface area contributed by atoms with Gasteiger partial charge in [0.05, 0.1) is 11.2 Å². The minimum Gasteiger partial charge on any atom is -0.399 e. The van der Waals surface area contributed by atoms with E-state index >= 15 is 0 Å². The molecule has 1 aromatic heterocycles. The summed E-state index contributed by atoms with van der Waals surface area (Å²) in [4.78, 5) is 3.95. The summed E-state index contributed by atoms with van der Waals surface area (Å²) in [6.45, 7) is 8.07. The second-order valence-electron chi connectivity index (χ2n) is 5.09. The minimum atomic E-state index is -0.409. The normalized spacial score (nSPS) is 22.4. The van der Waals surface area contributed by atoms with E-state index < -0.39 is 7.12 Å². The molecule has 0 amide bonds. The topological polar surface area (TPSA) is 31.4 Å². The van der Waals surface area contributed by atoms with Crippen LogP contribution in [0.2, 0.25) is 0 Å². The standard InChI is InChI=1S/C11H15B2NO2/c1-10(2)11(3,4)16-13(15-10)9-5-6-14-7-8(9)12/h5-7H,1-4H3. The zero-order valence-corrected chi connectivity index (χ0v) is 10.2. The van der Waals surface area contributed by atoms with E-state index in [9.17, 15) is 0 Å². The van der Waals surface area contributed by atoms with Crippen molar-refractivity contribution in [1.29, 1.82) is 0 Å². The molecule has 2 heterocycles. The number of nitrogens with zero attached hydrogens (tertiary/aromatic N) is 1. The molecule has 0 aliphatic carbocycles. The third-order valence-electron chi connectivity index (χ3n) is 3.39. The molecule has 1 saturated heterocycles. The van der Waals surface area contributed by atoms with Crippen LogP contribution in [0.3, 0.4) is 0 Å². The first kappa shape index (κ1) is 11.7. The van der Waals surface area contributed by atoms with Crippen molar-refractivity contribution < 1.29 is 9.31 Å². The predicted molar refractivity (Wildman–Crippen MR) is 65.3 cm³/mol. The van der Waals surface area contributed by atoms with E-state index in [1.165, 1.54) is 0 Å². The highest BCUT2D eigenvalue weighted by atomic mass is 16.7. The van der Waals surface area contributed by atoms with Crippen LogP contribution in [0.15, 0.2) is 18.5 Å². The predicted octanol–water partition coefficient (Wildman–Crippen LogP) is 0.175. The van der Waals surface area contributed by atoms with Gasteiger partial charge in [0, 0.05) is 12.4 Å². The molecular formula is C11H15B2NO2. The minimum absolute atomic E-state index is 0.340. The number of hydrogen-bond acceptors (Lipinski definition) is 3. The molecule has 0 aromatic carbocycles. The molecule has 3 nitrogen and oxygen atoms in total. The fourth-order valence-corrected chi connectivity index (χ4v) is 1.60. The van der Waals surface area contributed by atoms with Crippen molar-refractivity contribution >= 4 is 25.9 Å². The summed E-state index contributed by atoms with van der Waals surface area (Å²) in [5.74, 6) is 0. The van der Waals surface area contributed by atoms with E-state index in [2.05, 4.69) is 4.98 Å². The van der Waals surface area contributed by atoms with Crippen LogP contribution in [0.25, 0.3) is 0 Å². The average molecular weight is 215 g/mol. The van der Waals surface area contributed by atoms with Crippen LogP contribution in [0.5, 0.6) is 0 Å². The van der Waals surface area contributed by atoms with Gasteiger partial charge in [0.2, 0.25) is 0 Å². The van der Waals surface area contributed by atoms with Crippen molar-refractivity contribution in [3.05, 3.63) is 18.5 Å². The highest BCUT2D eigenvalue weighted by Crippen LogP contribution is 2.36. The van der Waals surface area contributed by atoms with E-state index in [1.54, 1.807) is 12.4 Å². The summed E-state index contributed by atoms with van der Waals surface area (Å²) in [5.41, 5.74) is 0.760. The lowest BCUT2D eigenvalue weighted by atomic mass is 9.72. The molecule has 0 unspecified atom stereocenters. The number of rotatable bonds is 1. The lowest BCUT2D eigenvalue weighted by Gasteiger charge is -2.32. The van der Waals surface area contributed by atoms with Crippen LogP contribution in [-0.2, 0) is 9.31 Å². The molecule has 0 spiro atoms. The first-order valence-electron chi connectivity index (χ1n) is 5.38. The van der Waals surface area contributed by atoms with E-state index in [-0.39, 0.29) is 11.2 Å². The molecule has 0 N–H and O–H groups in total. The lowest BCUT2D eigenvalue weighted by Crippen LogP contribution is -2.43. The number of hydrogen-bond donors (Lipinski definition) is 0. The smallest absolute Gasteiger partial charge is 0.399 e. The van der Waals surface area contributed by atoms with E-state index in [0.29, 0.717) is 5.46 Å². The highest BCUT2D eigenvalue weighted by molar-refractivity contribution is 6.67. The van der Waals surface area contributed by atoms with Crippen LogP contribution in [0.1, 0.15) is 27.7 Å². The Morgan fingerprint density at radius 2 is 1.75 bits per heavy atom. The molecule has 5 heteroatoms. The van der Waals surface area contributed by atoms with Gasteiger partial charge in [0.15, 0.2) is 0 Å². The van der Waals surface area contributed by atoms with Crippen LogP contribution < -0.4 is 10.9 Å². The zero-order valence-electron chi connectivity index (χ0n) is 10.2. The van der Waals surface area contributed by atoms with Gasteiger partial charge in [-0.2, -0.15) is 0 Å².